The zero-order valence-electron chi connectivity index (χ0n) is 8.23. The number of hydrogen-bond acceptors (Lipinski definition) is 1. The van der Waals surface area contributed by atoms with E-state index in [9.17, 15) is 13.2 Å². The standard InChI is InChI=1S/C10H10F3IO/c1-6(2)7-3-4-8(14)9(5-7)15-10(11,12)13/h3-6H,1-2H3. The van der Waals surface area contributed by atoms with Gasteiger partial charge in [-0.3, -0.25) is 0 Å². The molecule has 1 aromatic rings. The number of halogens is 4. The number of alkyl halides is 3. The van der Waals surface area contributed by atoms with Crippen molar-refractivity contribution in [2.24, 2.45) is 0 Å². The third kappa shape index (κ3) is 3.89. The van der Waals surface area contributed by atoms with Crippen molar-refractivity contribution in [1.29, 1.82) is 0 Å². The van der Waals surface area contributed by atoms with Gasteiger partial charge >= 0.3 is 6.36 Å². The van der Waals surface area contributed by atoms with E-state index in [1.165, 1.54) is 6.07 Å². The maximum Gasteiger partial charge on any atom is 0.573 e. The Hall–Kier alpha value is -0.460. The Balaban J connectivity index is 3.01. The van der Waals surface area contributed by atoms with Crippen LogP contribution in [-0.2, 0) is 0 Å². The molecule has 84 valence electrons. The van der Waals surface area contributed by atoms with Crippen LogP contribution >= 0.6 is 22.6 Å². The van der Waals surface area contributed by atoms with E-state index in [0.29, 0.717) is 3.57 Å². The quantitative estimate of drug-likeness (QED) is 0.734. The minimum atomic E-state index is -4.63. The summed E-state index contributed by atoms with van der Waals surface area (Å²) in [5, 5.41) is 0. The summed E-state index contributed by atoms with van der Waals surface area (Å²) < 4.78 is 40.5. The molecule has 0 amide bonds. The summed E-state index contributed by atoms with van der Waals surface area (Å²) in [6.07, 6.45) is -4.63. The van der Waals surface area contributed by atoms with Gasteiger partial charge in [0.2, 0.25) is 0 Å². The Kier molecular flexibility index (Phi) is 3.86. The van der Waals surface area contributed by atoms with Crippen molar-refractivity contribution in [1.82, 2.24) is 0 Å². The minimum absolute atomic E-state index is 0.130. The Bertz CT molecular complexity index is 347. The first-order valence-electron chi connectivity index (χ1n) is 4.35. The van der Waals surface area contributed by atoms with Gasteiger partial charge in [0.1, 0.15) is 5.75 Å². The van der Waals surface area contributed by atoms with E-state index < -0.39 is 6.36 Å². The minimum Gasteiger partial charge on any atom is -0.405 e. The van der Waals surface area contributed by atoms with Crippen molar-refractivity contribution in [3.8, 4) is 5.75 Å². The van der Waals surface area contributed by atoms with Crippen molar-refractivity contribution in [2.75, 3.05) is 0 Å². The van der Waals surface area contributed by atoms with Crippen LogP contribution in [0.3, 0.4) is 0 Å². The lowest BCUT2D eigenvalue weighted by molar-refractivity contribution is -0.275. The van der Waals surface area contributed by atoms with Crippen molar-refractivity contribution >= 4 is 22.6 Å². The summed E-state index contributed by atoms with van der Waals surface area (Å²) in [4.78, 5) is 0. The van der Waals surface area contributed by atoms with Gasteiger partial charge in [0.25, 0.3) is 0 Å². The van der Waals surface area contributed by atoms with Crippen molar-refractivity contribution in [3.05, 3.63) is 27.3 Å². The molecule has 0 aliphatic heterocycles. The number of rotatable bonds is 2. The summed E-state index contributed by atoms with van der Waals surface area (Å²) in [5.74, 6) is 0.0480. The lowest BCUT2D eigenvalue weighted by atomic mass is 10.0. The highest BCUT2D eigenvalue weighted by molar-refractivity contribution is 14.1. The summed E-state index contributed by atoms with van der Waals surface area (Å²) in [6.45, 7) is 3.83. The number of benzene rings is 1. The molecular weight excluding hydrogens is 320 g/mol. The molecule has 0 N–H and O–H groups in total. The predicted molar refractivity (Wildman–Crippen MR) is 59.9 cm³/mol. The van der Waals surface area contributed by atoms with Crippen molar-refractivity contribution < 1.29 is 17.9 Å². The monoisotopic (exact) mass is 330 g/mol. The van der Waals surface area contributed by atoms with Gasteiger partial charge < -0.3 is 4.74 Å². The summed E-state index contributed by atoms with van der Waals surface area (Å²) in [6, 6.07) is 4.85. The second-order valence-corrected chi connectivity index (χ2v) is 4.55. The molecule has 0 spiro atoms. The molecule has 0 unspecified atom stereocenters. The molecule has 0 bridgehead atoms. The third-order valence-electron chi connectivity index (χ3n) is 1.85. The molecule has 1 nitrogen and oxygen atoms in total. The van der Waals surface area contributed by atoms with E-state index in [1.54, 1.807) is 12.1 Å². The van der Waals surface area contributed by atoms with Crippen LogP contribution in [0.5, 0.6) is 5.75 Å². The van der Waals surface area contributed by atoms with Gasteiger partial charge in [-0.05, 0) is 46.2 Å². The Labute approximate surface area is 99.8 Å². The average molecular weight is 330 g/mol. The first-order chi connectivity index (χ1) is 6.79. The summed E-state index contributed by atoms with van der Waals surface area (Å²) >= 11 is 1.82. The first-order valence-corrected chi connectivity index (χ1v) is 5.42. The molecule has 1 rings (SSSR count). The maximum atomic E-state index is 12.0. The van der Waals surface area contributed by atoms with E-state index >= 15 is 0 Å². The molecule has 0 aromatic heterocycles. The molecule has 0 aliphatic carbocycles. The first kappa shape index (κ1) is 12.6. The zero-order chi connectivity index (χ0) is 11.6. The summed E-state index contributed by atoms with van der Waals surface area (Å²) in [7, 11) is 0. The van der Waals surface area contributed by atoms with E-state index in [1.807, 2.05) is 36.4 Å². The maximum absolute atomic E-state index is 12.0. The predicted octanol–water partition coefficient (Wildman–Crippen LogP) is 4.31. The van der Waals surface area contributed by atoms with Crippen LogP contribution in [0.25, 0.3) is 0 Å². The van der Waals surface area contributed by atoms with Gasteiger partial charge in [-0.1, -0.05) is 19.9 Å². The topological polar surface area (TPSA) is 9.23 Å². The van der Waals surface area contributed by atoms with Gasteiger partial charge in [0.15, 0.2) is 0 Å². The second kappa shape index (κ2) is 4.59. The summed E-state index contributed by atoms with van der Waals surface area (Å²) in [5.41, 5.74) is 0.828. The number of ether oxygens (including phenoxy) is 1. The molecule has 0 fully saturated rings. The highest BCUT2D eigenvalue weighted by atomic mass is 127. The van der Waals surface area contributed by atoms with E-state index in [4.69, 9.17) is 0 Å². The Morgan fingerprint density at radius 2 is 1.87 bits per heavy atom. The van der Waals surface area contributed by atoms with Crippen LogP contribution < -0.4 is 4.74 Å². The van der Waals surface area contributed by atoms with Crippen LogP contribution in [0.15, 0.2) is 18.2 Å². The molecule has 1 aromatic carbocycles. The van der Waals surface area contributed by atoms with Gasteiger partial charge in [-0.25, -0.2) is 0 Å². The molecule has 0 saturated heterocycles. The molecule has 0 saturated carbocycles. The average Bonchev–Trinajstić information content (AvgIpc) is 2.06. The molecule has 0 atom stereocenters. The van der Waals surface area contributed by atoms with Crippen LogP contribution in [0.2, 0.25) is 0 Å². The van der Waals surface area contributed by atoms with Crippen LogP contribution in [-0.4, -0.2) is 6.36 Å². The molecule has 0 heterocycles. The van der Waals surface area contributed by atoms with Crippen LogP contribution in [0.1, 0.15) is 25.3 Å². The zero-order valence-corrected chi connectivity index (χ0v) is 10.4. The van der Waals surface area contributed by atoms with E-state index in [0.717, 1.165) is 5.56 Å². The third-order valence-corrected chi connectivity index (χ3v) is 2.74. The SMILES string of the molecule is CC(C)c1ccc(I)c(OC(F)(F)F)c1. The lowest BCUT2D eigenvalue weighted by Gasteiger charge is -2.13. The van der Waals surface area contributed by atoms with Gasteiger partial charge in [-0.2, -0.15) is 0 Å². The smallest absolute Gasteiger partial charge is 0.405 e. The van der Waals surface area contributed by atoms with Crippen molar-refractivity contribution in [3.63, 3.8) is 0 Å². The Morgan fingerprint density at radius 3 is 2.33 bits per heavy atom. The molecule has 15 heavy (non-hydrogen) atoms. The van der Waals surface area contributed by atoms with E-state index in [2.05, 4.69) is 4.74 Å². The molecular formula is C10H10F3IO. The van der Waals surface area contributed by atoms with E-state index in [-0.39, 0.29) is 11.7 Å². The fourth-order valence-electron chi connectivity index (χ4n) is 1.08. The molecule has 0 radical (unpaired) electrons. The largest absolute Gasteiger partial charge is 0.573 e. The normalized spacial score (nSPS) is 11.9. The van der Waals surface area contributed by atoms with Crippen LogP contribution in [0.4, 0.5) is 13.2 Å². The lowest BCUT2D eigenvalue weighted by Crippen LogP contribution is -2.18. The number of hydrogen-bond donors (Lipinski definition) is 0. The fraction of sp³-hybridized carbons (Fsp3) is 0.400. The van der Waals surface area contributed by atoms with Gasteiger partial charge in [0.05, 0.1) is 3.57 Å². The van der Waals surface area contributed by atoms with Crippen LogP contribution in [0, 0.1) is 3.57 Å². The van der Waals surface area contributed by atoms with Gasteiger partial charge in [0, 0.05) is 0 Å². The fourth-order valence-corrected chi connectivity index (χ4v) is 1.53. The highest BCUT2D eigenvalue weighted by Gasteiger charge is 2.32. The van der Waals surface area contributed by atoms with Gasteiger partial charge in [-0.15, -0.1) is 13.2 Å². The molecule has 5 heteroatoms. The van der Waals surface area contributed by atoms with Crippen molar-refractivity contribution in [2.45, 2.75) is 26.1 Å². The second-order valence-electron chi connectivity index (χ2n) is 3.39. The Morgan fingerprint density at radius 1 is 1.27 bits per heavy atom. The highest BCUT2D eigenvalue weighted by Crippen LogP contribution is 2.30. The molecule has 0 aliphatic rings.